The molecule has 4 nitrogen and oxygen atoms in total. The van der Waals surface area contributed by atoms with Gasteiger partial charge in [0.05, 0.1) is 19.4 Å². The number of rotatable bonds is 5. The summed E-state index contributed by atoms with van der Waals surface area (Å²) in [7, 11) is 1.99. The minimum atomic E-state index is -0.00615. The molecular weight excluding hydrogens is 324 g/mol. The van der Waals surface area contributed by atoms with Crippen LogP contribution >= 0.6 is 0 Å². The fourth-order valence-electron chi connectivity index (χ4n) is 3.15. The van der Waals surface area contributed by atoms with Gasteiger partial charge in [-0.1, -0.05) is 30.3 Å². The van der Waals surface area contributed by atoms with Crippen molar-refractivity contribution in [3.63, 3.8) is 0 Å². The molecule has 26 heavy (non-hydrogen) atoms. The van der Waals surface area contributed by atoms with Crippen molar-refractivity contribution in [2.75, 3.05) is 0 Å². The molecule has 0 N–H and O–H groups in total. The van der Waals surface area contributed by atoms with Crippen LogP contribution in [0.2, 0.25) is 0 Å². The Labute approximate surface area is 152 Å². The fraction of sp³-hybridized carbons (Fsp3) is 0.136. The standard InChI is InChI=1S/C22H20N2O2/c1-23-12-4-8-20(23)15-24(16-21-9-5-13-26-21)22(25)19-11-10-17-6-2-3-7-18(17)14-19/h2-14H,15-16H2,1H3. The summed E-state index contributed by atoms with van der Waals surface area (Å²) in [5.41, 5.74) is 1.76. The van der Waals surface area contributed by atoms with Gasteiger partial charge in [0.15, 0.2) is 0 Å². The van der Waals surface area contributed by atoms with E-state index in [4.69, 9.17) is 4.42 Å². The monoisotopic (exact) mass is 344 g/mol. The molecule has 0 aliphatic rings. The molecule has 4 aromatic rings. The molecule has 2 heterocycles. The van der Waals surface area contributed by atoms with Gasteiger partial charge >= 0.3 is 0 Å². The first-order valence-corrected chi connectivity index (χ1v) is 8.61. The molecule has 0 aliphatic heterocycles. The number of carbonyl (C=O) groups excluding carboxylic acids is 1. The van der Waals surface area contributed by atoms with Crippen LogP contribution < -0.4 is 0 Å². The molecule has 0 fully saturated rings. The molecule has 4 rings (SSSR count). The SMILES string of the molecule is Cn1cccc1CN(Cc1ccco1)C(=O)c1ccc2ccccc2c1. The van der Waals surface area contributed by atoms with Crippen molar-refractivity contribution in [2.24, 2.45) is 7.05 Å². The summed E-state index contributed by atoms with van der Waals surface area (Å²) >= 11 is 0. The molecule has 2 aromatic carbocycles. The first kappa shape index (κ1) is 16.2. The Hall–Kier alpha value is -3.27. The van der Waals surface area contributed by atoms with Crippen molar-refractivity contribution in [3.8, 4) is 0 Å². The van der Waals surface area contributed by atoms with Crippen molar-refractivity contribution in [3.05, 3.63) is 96.2 Å². The van der Waals surface area contributed by atoms with Gasteiger partial charge in [-0.15, -0.1) is 0 Å². The molecule has 1 amide bonds. The number of carbonyl (C=O) groups is 1. The van der Waals surface area contributed by atoms with Crippen molar-refractivity contribution >= 4 is 16.7 Å². The molecule has 0 unspecified atom stereocenters. The second kappa shape index (κ2) is 6.92. The molecule has 0 saturated heterocycles. The van der Waals surface area contributed by atoms with Crippen LogP contribution in [-0.2, 0) is 20.1 Å². The van der Waals surface area contributed by atoms with Gasteiger partial charge < -0.3 is 13.9 Å². The molecule has 130 valence electrons. The Morgan fingerprint density at radius 1 is 0.962 bits per heavy atom. The maximum atomic E-state index is 13.2. The highest BCUT2D eigenvalue weighted by molar-refractivity contribution is 5.98. The summed E-state index contributed by atoms with van der Waals surface area (Å²) in [5.74, 6) is 0.765. The summed E-state index contributed by atoms with van der Waals surface area (Å²) in [4.78, 5) is 15.0. The van der Waals surface area contributed by atoms with Crippen LogP contribution in [0.15, 0.2) is 83.6 Å². The number of aromatic nitrogens is 1. The van der Waals surface area contributed by atoms with E-state index in [1.54, 1.807) is 6.26 Å². The van der Waals surface area contributed by atoms with Gasteiger partial charge in [-0.2, -0.15) is 0 Å². The second-order valence-electron chi connectivity index (χ2n) is 6.41. The predicted molar refractivity (Wildman–Crippen MR) is 102 cm³/mol. The Morgan fingerprint density at radius 3 is 2.54 bits per heavy atom. The average molecular weight is 344 g/mol. The van der Waals surface area contributed by atoms with E-state index in [9.17, 15) is 4.79 Å². The molecule has 2 aromatic heterocycles. The topological polar surface area (TPSA) is 38.4 Å². The van der Waals surface area contributed by atoms with Crippen molar-refractivity contribution in [1.82, 2.24) is 9.47 Å². The van der Waals surface area contributed by atoms with Gasteiger partial charge in [0, 0.05) is 24.5 Å². The van der Waals surface area contributed by atoms with Gasteiger partial charge in [0.2, 0.25) is 0 Å². The summed E-state index contributed by atoms with van der Waals surface area (Å²) in [6, 6.07) is 21.7. The third kappa shape index (κ3) is 3.26. The van der Waals surface area contributed by atoms with E-state index in [0.717, 1.165) is 22.2 Å². The first-order chi connectivity index (χ1) is 12.7. The maximum absolute atomic E-state index is 13.2. The van der Waals surface area contributed by atoms with Gasteiger partial charge in [-0.3, -0.25) is 4.79 Å². The number of amides is 1. The third-order valence-corrected chi connectivity index (χ3v) is 4.61. The number of hydrogen-bond acceptors (Lipinski definition) is 2. The number of hydrogen-bond donors (Lipinski definition) is 0. The zero-order valence-corrected chi connectivity index (χ0v) is 14.6. The minimum absolute atomic E-state index is 0.00615. The van der Waals surface area contributed by atoms with Crippen LogP contribution in [0.1, 0.15) is 21.8 Å². The van der Waals surface area contributed by atoms with Gasteiger partial charge in [-0.05, 0) is 47.2 Å². The second-order valence-corrected chi connectivity index (χ2v) is 6.41. The molecule has 0 radical (unpaired) electrons. The van der Waals surface area contributed by atoms with Crippen LogP contribution in [0.4, 0.5) is 0 Å². The average Bonchev–Trinajstić information content (AvgIpc) is 3.32. The largest absolute Gasteiger partial charge is 0.467 e. The lowest BCUT2D eigenvalue weighted by Gasteiger charge is -2.22. The highest BCUT2D eigenvalue weighted by atomic mass is 16.3. The zero-order valence-electron chi connectivity index (χ0n) is 14.6. The van der Waals surface area contributed by atoms with Crippen LogP contribution in [0.5, 0.6) is 0 Å². The number of fused-ring (bicyclic) bond motifs is 1. The summed E-state index contributed by atoms with van der Waals surface area (Å²) < 4.78 is 7.50. The van der Waals surface area contributed by atoms with E-state index in [2.05, 4.69) is 0 Å². The number of benzene rings is 2. The van der Waals surface area contributed by atoms with E-state index >= 15 is 0 Å². The highest BCUT2D eigenvalue weighted by Crippen LogP contribution is 2.19. The molecule has 4 heteroatoms. The van der Waals surface area contributed by atoms with Gasteiger partial charge in [0.1, 0.15) is 5.76 Å². The van der Waals surface area contributed by atoms with Crippen molar-refractivity contribution in [2.45, 2.75) is 13.1 Å². The highest BCUT2D eigenvalue weighted by Gasteiger charge is 2.19. The first-order valence-electron chi connectivity index (χ1n) is 8.61. The molecule has 0 atom stereocenters. The van der Waals surface area contributed by atoms with E-state index < -0.39 is 0 Å². The molecule has 0 bridgehead atoms. The number of aryl methyl sites for hydroxylation is 1. The Morgan fingerprint density at radius 2 is 1.81 bits per heavy atom. The van der Waals surface area contributed by atoms with Crippen molar-refractivity contribution in [1.29, 1.82) is 0 Å². The molecule has 0 aliphatic carbocycles. The maximum Gasteiger partial charge on any atom is 0.254 e. The fourth-order valence-corrected chi connectivity index (χ4v) is 3.15. The Bertz CT molecular complexity index is 1030. The van der Waals surface area contributed by atoms with E-state index in [1.807, 2.05) is 89.4 Å². The summed E-state index contributed by atoms with van der Waals surface area (Å²) in [6.07, 6.45) is 3.62. The van der Waals surface area contributed by atoms with Crippen LogP contribution in [0, 0.1) is 0 Å². The summed E-state index contributed by atoms with van der Waals surface area (Å²) in [6.45, 7) is 0.958. The van der Waals surface area contributed by atoms with E-state index in [-0.39, 0.29) is 5.91 Å². The van der Waals surface area contributed by atoms with Crippen LogP contribution in [-0.4, -0.2) is 15.4 Å². The predicted octanol–water partition coefficient (Wildman–Crippen LogP) is 4.61. The molecule has 0 spiro atoms. The smallest absolute Gasteiger partial charge is 0.254 e. The minimum Gasteiger partial charge on any atom is -0.467 e. The molecular formula is C22H20N2O2. The van der Waals surface area contributed by atoms with Crippen molar-refractivity contribution < 1.29 is 9.21 Å². The van der Waals surface area contributed by atoms with Crippen LogP contribution in [0.25, 0.3) is 10.8 Å². The van der Waals surface area contributed by atoms with Gasteiger partial charge in [0.25, 0.3) is 5.91 Å². The Kier molecular flexibility index (Phi) is 4.32. The quantitative estimate of drug-likeness (QED) is 0.530. The normalized spacial score (nSPS) is 11.0. The lowest BCUT2D eigenvalue weighted by atomic mass is 10.1. The number of furan rings is 1. The third-order valence-electron chi connectivity index (χ3n) is 4.61. The van der Waals surface area contributed by atoms with Gasteiger partial charge in [-0.25, -0.2) is 0 Å². The lowest BCUT2D eigenvalue weighted by Crippen LogP contribution is -2.30. The molecule has 0 saturated carbocycles. The lowest BCUT2D eigenvalue weighted by molar-refractivity contribution is 0.0714. The van der Waals surface area contributed by atoms with Crippen LogP contribution in [0.3, 0.4) is 0 Å². The van der Waals surface area contributed by atoms with E-state index in [1.165, 1.54) is 0 Å². The zero-order chi connectivity index (χ0) is 17.9. The number of nitrogens with zero attached hydrogens (tertiary/aromatic N) is 2. The summed E-state index contributed by atoms with van der Waals surface area (Å²) in [5, 5.41) is 2.19. The Balaban J connectivity index is 1.66. The van der Waals surface area contributed by atoms with E-state index in [0.29, 0.717) is 18.7 Å².